The second-order valence-electron chi connectivity index (χ2n) is 5.65. The van der Waals surface area contributed by atoms with Gasteiger partial charge in [-0.1, -0.05) is 13.8 Å². The molecule has 2 rings (SSSR count). The number of hydrogen-bond donors (Lipinski definition) is 2. The highest BCUT2D eigenvalue weighted by Crippen LogP contribution is 2.15. The molecule has 0 radical (unpaired) electrons. The Kier molecular flexibility index (Phi) is 6.40. The van der Waals surface area contributed by atoms with Gasteiger partial charge < -0.3 is 29.4 Å². The zero-order chi connectivity index (χ0) is 19.3. The standard InChI is InChI=1S/C17H17BrN2O6/c1-9(2)14(17(23)24)20-15(21)11(8-10-4-3-7-25-10)19-16(22)12-5-6-13(18)26-12/h3-9,14H,1-2H3,(H,19,22)(H,20,21)(H,23,24)/p-1/b11-8-/t14-/m1/s1. The van der Waals surface area contributed by atoms with Gasteiger partial charge in [0.15, 0.2) is 10.4 Å². The fourth-order valence-electron chi connectivity index (χ4n) is 2.01. The molecule has 0 fully saturated rings. The van der Waals surface area contributed by atoms with Crippen LogP contribution in [-0.2, 0) is 9.59 Å². The van der Waals surface area contributed by atoms with Gasteiger partial charge in [-0.15, -0.1) is 0 Å². The van der Waals surface area contributed by atoms with Crippen LogP contribution in [0.2, 0.25) is 0 Å². The summed E-state index contributed by atoms with van der Waals surface area (Å²) < 4.78 is 10.6. The van der Waals surface area contributed by atoms with Crippen molar-refractivity contribution < 1.29 is 28.3 Å². The lowest BCUT2D eigenvalue weighted by molar-refractivity contribution is -0.309. The maximum atomic E-state index is 12.5. The van der Waals surface area contributed by atoms with E-state index in [-0.39, 0.29) is 11.5 Å². The number of aliphatic carboxylic acids is 1. The molecular formula is C17H16BrN2O6-. The molecule has 0 unspecified atom stereocenters. The highest BCUT2D eigenvalue weighted by Gasteiger charge is 2.22. The molecule has 9 heteroatoms. The molecule has 2 heterocycles. The highest BCUT2D eigenvalue weighted by atomic mass is 79.9. The summed E-state index contributed by atoms with van der Waals surface area (Å²) in [4.78, 5) is 35.9. The molecule has 138 valence electrons. The molecule has 0 saturated heterocycles. The van der Waals surface area contributed by atoms with Crippen LogP contribution in [0.1, 0.15) is 30.2 Å². The van der Waals surface area contributed by atoms with E-state index >= 15 is 0 Å². The largest absolute Gasteiger partial charge is 0.548 e. The lowest BCUT2D eigenvalue weighted by atomic mass is 10.0. The summed E-state index contributed by atoms with van der Waals surface area (Å²) in [5.74, 6) is -3.06. The molecule has 0 saturated carbocycles. The summed E-state index contributed by atoms with van der Waals surface area (Å²) in [6.45, 7) is 3.24. The van der Waals surface area contributed by atoms with E-state index < -0.39 is 29.7 Å². The highest BCUT2D eigenvalue weighted by molar-refractivity contribution is 9.10. The molecule has 0 bridgehead atoms. The first kappa shape index (κ1) is 19.5. The van der Waals surface area contributed by atoms with Gasteiger partial charge in [0.2, 0.25) is 0 Å². The molecule has 0 aliphatic rings. The fourth-order valence-corrected chi connectivity index (χ4v) is 2.32. The minimum atomic E-state index is -1.42. The van der Waals surface area contributed by atoms with Crippen LogP contribution < -0.4 is 15.7 Å². The topological polar surface area (TPSA) is 125 Å². The van der Waals surface area contributed by atoms with Gasteiger partial charge in [0.25, 0.3) is 11.8 Å². The second kappa shape index (κ2) is 8.52. The third-order valence-corrected chi connectivity index (χ3v) is 3.75. The molecular weight excluding hydrogens is 408 g/mol. The van der Waals surface area contributed by atoms with Crippen LogP contribution in [0.5, 0.6) is 0 Å². The Bertz CT molecular complexity index is 822. The summed E-state index contributed by atoms with van der Waals surface area (Å²) in [7, 11) is 0. The molecule has 0 aliphatic carbocycles. The van der Waals surface area contributed by atoms with Crippen molar-refractivity contribution in [1.29, 1.82) is 0 Å². The lowest BCUT2D eigenvalue weighted by Crippen LogP contribution is -2.52. The molecule has 0 aromatic carbocycles. The van der Waals surface area contributed by atoms with Gasteiger partial charge in [0.1, 0.15) is 11.5 Å². The minimum absolute atomic E-state index is 0.0321. The third-order valence-electron chi connectivity index (χ3n) is 3.33. The van der Waals surface area contributed by atoms with Crippen LogP contribution in [0, 0.1) is 5.92 Å². The van der Waals surface area contributed by atoms with Crippen molar-refractivity contribution in [3.8, 4) is 0 Å². The van der Waals surface area contributed by atoms with E-state index in [1.54, 1.807) is 26.0 Å². The molecule has 2 aromatic heterocycles. The van der Waals surface area contributed by atoms with Gasteiger partial charge in [-0.05, 0) is 46.1 Å². The number of carboxylic acids is 1. The molecule has 0 spiro atoms. The van der Waals surface area contributed by atoms with Crippen LogP contribution >= 0.6 is 15.9 Å². The molecule has 2 N–H and O–H groups in total. The van der Waals surface area contributed by atoms with Crippen molar-refractivity contribution in [1.82, 2.24) is 10.6 Å². The number of furan rings is 2. The normalized spacial score (nSPS) is 12.7. The van der Waals surface area contributed by atoms with Crippen molar-refractivity contribution in [3.05, 3.63) is 52.4 Å². The zero-order valence-corrected chi connectivity index (χ0v) is 15.5. The molecule has 26 heavy (non-hydrogen) atoms. The number of carboxylic acid groups (broad SMARTS) is 1. The van der Waals surface area contributed by atoms with Crippen LogP contribution in [-0.4, -0.2) is 23.8 Å². The van der Waals surface area contributed by atoms with E-state index in [4.69, 9.17) is 8.83 Å². The van der Waals surface area contributed by atoms with E-state index in [1.165, 1.54) is 24.5 Å². The summed E-state index contributed by atoms with van der Waals surface area (Å²) in [6, 6.07) is 4.89. The van der Waals surface area contributed by atoms with Gasteiger partial charge in [-0.25, -0.2) is 0 Å². The van der Waals surface area contributed by atoms with Crippen LogP contribution in [0.25, 0.3) is 6.08 Å². The number of halogens is 1. The molecule has 2 aromatic rings. The Labute approximate surface area is 157 Å². The number of carbonyl (C=O) groups is 3. The molecule has 0 aliphatic heterocycles. The van der Waals surface area contributed by atoms with Gasteiger partial charge in [0.05, 0.1) is 18.3 Å². The van der Waals surface area contributed by atoms with Gasteiger partial charge in [-0.3, -0.25) is 9.59 Å². The zero-order valence-electron chi connectivity index (χ0n) is 13.9. The molecule has 1 atom stereocenters. The first-order valence-corrected chi connectivity index (χ1v) is 8.41. The SMILES string of the molecule is CC(C)[C@@H](NC(=O)/C(=C/c1ccco1)NC(=O)c1ccc(Br)o1)C(=O)[O-]. The maximum absolute atomic E-state index is 12.5. The average Bonchev–Trinajstić information content (AvgIpc) is 3.22. The van der Waals surface area contributed by atoms with Gasteiger partial charge >= 0.3 is 0 Å². The van der Waals surface area contributed by atoms with Crippen LogP contribution in [0.15, 0.2) is 49.7 Å². The average molecular weight is 424 g/mol. The number of nitrogens with one attached hydrogen (secondary N) is 2. The van der Waals surface area contributed by atoms with E-state index in [1.807, 2.05) is 0 Å². The second-order valence-corrected chi connectivity index (χ2v) is 6.43. The summed E-state index contributed by atoms with van der Waals surface area (Å²) in [5.41, 5.74) is -0.204. The van der Waals surface area contributed by atoms with Crippen molar-refractivity contribution in [2.75, 3.05) is 0 Å². The van der Waals surface area contributed by atoms with E-state index in [9.17, 15) is 19.5 Å². The minimum Gasteiger partial charge on any atom is -0.548 e. The number of amides is 2. The van der Waals surface area contributed by atoms with Crippen molar-refractivity contribution in [2.45, 2.75) is 19.9 Å². The predicted octanol–water partition coefficient (Wildman–Crippen LogP) is 1.30. The Morgan fingerprint density at radius 3 is 2.46 bits per heavy atom. The Balaban J connectivity index is 2.25. The predicted molar refractivity (Wildman–Crippen MR) is 92.3 cm³/mol. The first-order chi connectivity index (χ1) is 12.3. The quantitative estimate of drug-likeness (QED) is 0.646. The van der Waals surface area contributed by atoms with E-state index in [0.717, 1.165) is 0 Å². The monoisotopic (exact) mass is 423 g/mol. The van der Waals surface area contributed by atoms with Crippen LogP contribution in [0.3, 0.4) is 0 Å². The number of hydrogen-bond acceptors (Lipinski definition) is 6. The number of carbonyl (C=O) groups excluding carboxylic acids is 3. The molecule has 8 nitrogen and oxygen atoms in total. The number of rotatable bonds is 7. The van der Waals surface area contributed by atoms with Crippen molar-refractivity contribution in [2.24, 2.45) is 5.92 Å². The molecule has 2 amide bonds. The smallest absolute Gasteiger partial charge is 0.291 e. The summed E-state index contributed by atoms with van der Waals surface area (Å²) in [5, 5.41) is 15.9. The maximum Gasteiger partial charge on any atom is 0.291 e. The van der Waals surface area contributed by atoms with Gasteiger partial charge in [-0.2, -0.15) is 0 Å². The van der Waals surface area contributed by atoms with Crippen molar-refractivity contribution >= 4 is 39.8 Å². The van der Waals surface area contributed by atoms with Crippen molar-refractivity contribution in [3.63, 3.8) is 0 Å². The third kappa shape index (κ3) is 5.09. The summed E-state index contributed by atoms with van der Waals surface area (Å²) in [6.07, 6.45) is 2.67. The van der Waals surface area contributed by atoms with E-state index in [0.29, 0.717) is 10.4 Å². The Hall–Kier alpha value is -2.81. The first-order valence-electron chi connectivity index (χ1n) is 7.61. The fraction of sp³-hybridized carbons (Fsp3) is 0.235. The van der Waals surface area contributed by atoms with Gasteiger partial charge in [0, 0.05) is 6.08 Å². The Morgan fingerprint density at radius 2 is 1.96 bits per heavy atom. The van der Waals surface area contributed by atoms with E-state index in [2.05, 4.69) is 26.6 Å². The summed E-state index contributed by atoms with van der Waals surface area (Å²) >= 11 is 3.08. The Morgan fingerprint density at radius 1 is 1.23 bits per heavy atom. The van der Waals surface area contributed by atoms with Crippen LogP contribution in [0.4, 0.5) is 0 Å². The lowest BCUT2D eigenvalue weighted by Gasteiger charge is -2.23.